The molecule has 1 aliphatic carbocycles. The Balaban J connectivity index is 2.19. The van der Waals surface area contributed by atoms with Gasteiger partial charge in [0.1, 0.15) is 5.82 Å². The van der Waals surface area contributed by atoms with E-state index in [0.717, 1.165) is 12.0 Å². The lowest BCUT2D eigenvalue weighted by molar-refractivity contribution is 0.274. The normalized spacial score (nSPS) is 26.1. The van der Waals surface area contributed by atoms with E-state index in [4.69, 9.17) is 16.7 Å². The maximum atomic E-state index is 12.8. The van der Waals surface area contributed by atoms with Crippen molar-refractivity contribution in [3.8, 4) is 0 Å². The zero-order valence-electron chi connectivity index (χ0n) is 7.00. The number of hydrogen-bond donors (Lipinski definition) is 1. The number of halogens is 2. The topological polar surface area (TPSA) is 20.2 Å². The van der Waals surface area contributed by atoms with Crippen molar-refractivity contribution in [2.75, 3.05) is 6.61 Å². The van der Waals surface area contributed by atoms with Crippen LogP contribution in [0.4, 0.5) is 4.39 Å². The number of rotatable bonds is 2. The Labute approximate surface area is 81.1 Å². The van der Waals surface area contributed by atoms with Gasteiger partial charge in [0.15, 0.2) is 0 Å². The molecule has 1 nitrogen and oxygen atoms in total. The Morgan fingerprint density at radius 1 is 1.54 bits per heavy atom. The summed E-state index contributed by atoms with van der Waals surface area (Å²) in [4.78, 5) is 0. The van der Waals surface area contributed by atoms with Crippen LogP contribution in [-0.4, -0.2) is 11.7 Å². The van der Waals surface area contributed by atoms with Gasteiger partial charge >= 0.3 is 0 Å². The van der Waals surface area contributed by atoms with Gasteiger partial charge in [0.05, 0.1) is 5.02 Å². The van der Waals surface area contributed by atoms with Crippen molar-refractivity contribution in [1.29, 1.82) is 0 Å². The van der Waals surface area contributed by atoms with Gasteiger partial charge in [0.25, 0.3) is 0 Å². The number of benzene rings is 1. The Bertz CT molecular complexity index is 327. The largest absolute Gasteiger partial charge is 0.396 e. The molecule has 0 spiro atoms. The molecule has 70 valence electrons. The van der Waals surface area contributed by atoms with Gasteiger partial charge in [-0.2, -0.15) is 0 Å². The third kappa shape index (κ3) is 1.69. The van der Waals surface area contributed by atoms with Crippen LogP contribution < -0.4 is 0 Å². The van der Waals surface area contributed by atoms with Crippen molar-refractivity contribution in [1.82, 2.24) is 0 Å². The molecule has 0 unspecified atom stereocenters. The van der Waals surface area contributed by atoms with E-state index in [1.165, 1.54) is 6.07 Å². The predicted molar refractivity (Wildman–Crippen MR) is 49.3 cm³/mol. The molecule has 1 fully saturated rings. The first-order chi connectivity index (χ1) is 6.22. The summed E-state index contributed by atoms with van der Waals surface area (Å²) in [6.07, 6.45) is 0.985. The highest BCUT2D eigenvalue weighted by molar-refractivity contribution is 6.30. The molecule has 13 heavy (non-hydrogen) atoms. The highest BCUT2D eigenvalue weighted by Gasteiger charge is 2.37. The van der Waals surface area contributed by atoms with Crippen molar-refractivity contribution in [2.24, 2.45) is 5.92 Å². The summed E-state index contributed by atoms with van der Waals surface area (Å²) in [6.45, 7) is 0.208. The van der Waals surface area contributed by atoms with Gasteiger partial charge in [0, 0.05) is 6.61 Å². The minimum atomic E-state index is -0.383. The third-order valence-corrected chi connectivity index (χ3v) is 2.82. The number of aliphatic hydroxyl groups is 1. The second-order valence-corrected chi connectivity index (χ2v) is 3.87. The Morgan fingerprint density at radius 3 is 2.85 bits per heavy atom. The quantitative estimate of drug-likeness (QED) is 0.778. The van der Waals surface area contributed by atoms with Gasteiger partial charge < -0.3 is 5.11 Å². The fraction of sp³-hybridized carbons (Fsp3) is 0.400. The van der Waals surface area contributed by atoms with Crippen molar-refractivity contribution < 1.29 is 9.50 Å². The van der Waals surface area contributed by atoms with E-state index in [9.17, 15) is 4.39 Å². The maximum Gasteiger partial charge on any atom is 0.141 e. The Kier molecular flexibility index (Phi) is 2.26. The van der Waals surface area contributed by atoms with Crippen molar-refractivity contribution in [2.45, 2.75) is 12.3 Å². The van der Waals surface area contributed by atoms with E-state index in [-0.39, 0.29) is 17.4 Å². The average Bonchev–Trinajstić information content (AvgIpc) is 2.88. The summed E-state index contributed by atoms with van der Waals surface area (Å²) in [5, 5.41) is 9.02. The summed E-state index contributed by atoms with van der Waals surface area (Å²) < 4.78 is 12.8. The SMILES string of the molecule is OC[C@H]1C[C@H]1c1ccc(F)c(Cl)c1. The molecule has 0 heterocycles. The Morgan fingerprint density at radius 2 is 2.31 bits per heavy atom. The zero-order valence-corrected chi connectivity index (χ0v) is 7.76. The fourth-order valence-corrected chi connectivity index (χ4v) is 1.79. The number of hydrogen-bond acceptors (Lipinski definition) is 1. The molecule has 0 radical (unpaired) electrons. The van der Waals surface area contributed by atoms with Gasteiger partial charge in [-0.15, -0.1) is 0 Å². The third-order valence-electron chi connectivity index (χ3n) is 2.53. The van der Waals surface area contributed by atoms with Crippen LogP contribution in [0.2, 0.25) is 5.02 Å². The molecule has 1 aromatic carbocycles. The molecule has 0 saturated heterocycles. The molecule has 3 heteroatoms. The monoisotopic (exact) mass is 200 g/mol. The van der Waals surface area contributed by atoms with Gasteiger partial charge in [0.2, 0.25) is 0 Å². The molecule has 1 aromatic rings. The van der Waals surface area contributed by atoms with Crippen LogP contribution in [0.15, 0.2) is 18.2 Å². The molecule has 2 rings (SSSR count). The van der Waals surface area contributed by atoms with Crippen LogP contribution >= 0.6 is 11.6 Å². The van der Waals surface area contributed by atoms with Gasteiger partial charge in [-0.3, -0.25) is 0 Å². The molecule has 0 bridgehead atoms. The van der Waals surface area contributed by atoms with Crippen LogP contribution in [0.1, 0.15) is 17.9 Å². The molecule has 1 saturated carbocycles. The maximum absolute atomic E-state index is 12.8. The molecular weight excluding hydrogens is 191 g/mol. The molecular formula is C10H10ClFO. The van der Waals surface area contributed by atoms with Crippen molar-refractivity contribution in [3.05, 3.63) is 34.6 Å². The highest BCUT2D eigenvalue weighted by atomic mass is 35.5. The van der Waals surface area contributed by atoms with Gasteiger partial charge in [-0.1, -0.05) is 17.7 Å². The molecule has 1 aliphatic rings. The van der Waals surface area contributed by atoms with Crippen molar-refractivity contribution >= 4 is 11.6 Å². The molecule has 1 N–H and O–H groups in total. The van der Waals surface area contributed by atoms with Crippen LogP contribution in [0.25, 0.3) is 0 Å². The first kappa shape index (κ1) is 8.97. The molecule has 0 amide bonds. The van der Waals surface area contributed by atoms with E-state index in [1.807, 2.05) is 0 Å². The lowest BCUT2D eigenvalue weighted by atomic mass is 10.1. The van der Waals surface area contributed by atoms with E-state index < -0.39 is 0 Å². The second-order valence-electron chi connectivity index (χ2n) is 3.46. The van der Waals surface area contributed by atoms with E-state index in [0.29, 0.717) is 11.8 Å². The Hall–Kier alpha value is -0.600. The summed E-state index contributed by atoms with van der Waals surface area (Å²) in [6, 6.07) is 4.77. The van der Waals surface area contributed by atoms with Crippen LogP contribution in [0, 0.1) is 11.7 Å². The lowest BCUT2D eigenvalue weighted by Crippen LogP contribution is -1.89. The molecule has 2 atom stereocenters. The van der Waals surface area contributed by atoms with Crippen LogP contribution in [0.5, 0.6) is 0 Å². The lowest BCUT2D eigenvalue weighted by Gasteiger charge is -2.00. The van der Waals surface area contributed by atoms with Gasteiger partial charge in [-0.25, -0.2) is 4.39 Å². The summed E-state index contributed by atoms with van der Waals surface area (Å²) in [5.74, 6) is 0.344. The summed E-state index contributed by atoms with van der Waals surface area (Å²) in [5.41, 5.74) is 1.03. The van der Waals surface area contributed by atoms with E-state index in [2.05, 4.69) is 0 Å². The second kappa shape index (κ2) is 3.28. The van der Waals surface area contributed by atoms with Gasteiger partial charge in [-0.05, 0) is 36.0 Å². The fourth-order valence-electron chi connectivity index (χ4n) is 1.60. The summed E-state index contributed by atoms with van der Waals surface area (Å²) >= 11 is 5.64. The first-order valence-corrected chi connectivity index (χ1v) is 4.66. The average molecular weight is 201 g/mol. The van der Waals surface area contributed by atoms with E-state index in [1.54, 1.807) is 12.1 Å². The standard InChI is InChI=1S/C10H10ClFO/c11-9-4-6(1-2-10(9)12)8-3-7(8)5-13/h1-2,4,7-8,13H,3,5H2/t7-,8+/m1/s1. The minimum Gasteiger partial charge on any atom is -0.396 e. The van der Waals surface area contributed by atoms with Crippen molar-refractivity contribution in [3.63, 3.8) is 0 Å². The minimum absolute atomic E-state index is 0.168. The van der Waals surface area contributed by atoms with E-state index >= 15 is 0 Å². The van der Waals surface area contributed by atoms with Crippen LogP contribution in [-0.2, 0) is 0 Å². The molecule has 0 aromatic heterocycles. The highest BCUT2D eigenvalue weighted by Crippen LogP contribution is 2.47. The summed E-state index contributed by atoms with van der Waals surface area (Å²) in [7, 11) is 0. The predicted octanol–water partition coefficient (Wildman–Crippen LogP) is 2.57. The number of aliphatic hydroxyl groups excluding tert-OH is 1. The zero-order chi connectivity index (χ0) is 9.42. The van der Waals surface area contributed by atoms with Crippen LogP contribution in [0.3, 0.4) is 0 Å². The first-order valence-electron chi connectivity index (χ1n) is 4.28. The smallest absolute Gasteiger partial charge is 0.141 e. The molecule has 0 aliphatic heterocycles.